The van der Waals surface area contributed by atoms with Crippen molar-refractivity contribution in [3.8, 4) is 11.5 Å². The lowest BCUT2D eigenvalue weighted by molar-refractivity contribution is -0.116. The highest BCUT2D eigenvalue weighted by Gasteiger charge is 2.52. The maximum Gasteiger partial charge on any atom is 0.422 e. The summed E-state index contributed by atoms with van der Waals surface area (Å²) in [6.45, 7) is 7.47. The van der Waals surface area contributed by atoms with E-state index in [4.69, 9.17) is 4.74 Å². The van der Waals surface area contributed by atoms with Crippen molar-refractivity contribution in [2.45, 2.75) is 62.5 Å². The van der Waals surface area contributed by atoms with E-state index in [-0.39, 0.29) is 11.7 Å². The first kappa shape index (κ1) is 23.0. The van der Waals surface area contributed by atoms with Crippen LogP contribution in [0.15, 0.2) is 53.8 Å². The van der Waals surface area contributed by atoms with Crippen LogP contribution >= 0.6 is 11.8 Å². The molecule has 4 rings (SSSR count). The average Bonchev–Trinajstić information content (AvgIpc) is 3.45. The number of carbonyl (C=O) groups excluding carboxylic acids is 2. The first-order chi connectivity index (χ1) is 15.7. The van der Waals surface area contributed by atoms with Crippen LogP contribution < -0.4 is 5.32 Å². The second-order valence-electron chi connectivity index (χ2n) is 8.94. The van der Waals surface area contributed by atoms with Crippen molar-refractivity contribution in [1.29, 1.82) is 0 Å². The second-order valence-corrected chi connectivity index (χ2v) is 10.3. The number of ether oxygens (including phenoxy) is 1. The summed E-state index contributed by atoms with van der Waals surface area (Å²) in [6.07, 6.45) is 3.30. The van der Waals surface area contributed by atoms with Gasteiger partial charge in [-0.05, 0) is 69.9 Å². The quantitative estimate of drug-likeness (QED) is 0.550. The molecular weight excluding hydrogens is 438 g/mol. The number of carbonyl (C=O) groups is 2. The van der Waals surface area contributed by atoms with Crippen molar-refractivity contribution in [2.24, 2.45) is 0 Å². The highest BCUT2D eigenvalue weighted by Crippen LogP contribution is 2.52. The minimum Gasteiger partial charge on any atom is -0.443 e. The molecule has 1 amide bonds. The summed E-state index contributed by atoms with van der Waals surface area (Å²) in [7, 11) is 0. The SMILES string of the molecule is CCc1ccc(NC(=O)C2(Sc3nnc(-c4ccccn4)n3C(=O)OC(C)(C)C)CC2)cc1. The topological polar surface area (TPSA) is 99.0 Å². The van der Waals surface area contributed by atoms with Gasteiger partial charge in [0.1, 0.15) is 16.0 Å². The van der Waals surface area contributed by atoms with Crippen LogP contribution in [0, 0.1) is 0 Å². The highest BCUT2D eigenvalue weighted by molar-refractivity contribution is 8.01. The predicted octanol–water partition coefficient (Wildman–Crippen LogP) is 4.95. The van der Waals surface area contributed by atoms with E-state index in [9.17, 15) is 9.59 Å². The van der Waals surface area contributed by atoms with Crippen LogP contribution in [0.2, 0.25) is 0 Å². The molecule has 9 heteroatoms. The third kappa shape index (κ3) is 5.24. The van der Waals surface area contributed by atoms with Gasteiger partial charge in [-0.2, -0.15) is 0 Å². The number of nitrogens with zero attached hydrogens (tertiary/aromatic N) is 4. The Morgan fingerprint density at radius 3 is 2.42 bits per heavy atom. The van der Waals surface area contributed by atoms with Crippen molar-refractivity contribution in [3.05, 3.63) is 54.2 Å². The largest absolute Gasteiger partial charge is 0.443 e. The molecule has 2 heterocycles. The van der Waals surface area contributed by atoms with Gasteiger partial charge in [0.15, 0.2) is 5.82 Å². The Labute approximate surface area is 197 Å². The molecule has 0 bridgehead atoms. The first-order valence-corrected chi connectivity index (χ1v) is 11.7. The molecule has 172 valence electrons. The molecule has 1 fully saturated rings. The number of hydrogen-bond donors (Lipinski definition) is 1. The fourth-order valence-electron chi connectivity index (χ4n) is 3.20. The Hall–Kier alpha value is -3.20. The number of anilines is 1. The zero-order chi connectivity index (χ0) is 23.6. The normalized spacial score (nSPS) is 14.5. The van der Waals surface area contributed by atoms with Gasteiger partial charge in [0.05, 0.1) is 0 Å². The van der Waals surface area contributed by atoms with Crippen LogP contribution in [0.5, 0.6) is 0 Å². The summed E-state index contributed by atoms with van der Waals surface area (Å²) in [5.74, 6) is 0.161. The average molecular weight is 466 g/mol. The molecule has 0 spiro atoms. The van der Waals surface area contributed by atoms with Crippen LogP contribution in [0.3, 0.4) is 0 Å². The van der Waals surface area contributed by atoms with Crippen molar-refractivity contribution >= 4 is 29.4 Å². The Balaban J connectivity index is 1.61. The van der Waals surface area contributed by atoms with Gasteiger partial charge in [-0.15, -0.1) is 10.2 Å². The number of aromatic nitrogens is 4. The zero-order valence-electron chi connectivity index (χ0n) is 19.2. The zero-order valence-corrected chi connectivity index (χ0v) is 20.0. The number of nitrogens with one attached hydrogen (secondary N) is 1. The van der Waals surface area contributed by atoms with Crippen LogP contribution in [0.4, 0.5) is 10.5 Å². The van der Waals surface area contributed by atoms with Crippen LogP contribution in [-0.4, -0.2) is 42.1 Å². The van der Waals surface area contributed by atoms with Crippen molar-refractivity contribution in [3.63, 3.8) is 0 Å². The molecule has 33 heavy (non-hydrogen) atoms. The molecular formula is C24H27N5O3S. The molecule has 1 aliphatic rings. The summed E-state index contributed by atoms with van der Waals surface area (Å²) >= 11 is 1.24. The summed E-state index contributed by atoms with van der Waals surface area (Å²) in [6, 6.07) is 13.1. The lowest BCUT2D eigenvalue weighted by Gasteiger charge is -2.21. The maximum atomic E-state index is 13.1. The molecule has 0 aliphatic heterocycles. The molecule has 0 radical (unpaired) electrons. The van der Waals surface area contributed by atoms with E-state index >= 15 is 0 Å². The first-order valence-electron chi connectivity index (χ1n) is 10.9. The number of amides is 1. The Kier molecular flexibility index (Phi) is 6.25. The van der Waals surface area contributed by atoms with Crippen molar-refractivity contribution in [1.82, 2.24) is 19.7 Å². The van der Waals surface area contributed by atoms with Gasteiger partial charge >= 0.3 is 6.09 Å². The molecule has 8 nitrogen and oxygen atoms in total. The Morgan fingerprint density at radius 1 is 1.12 bits per heavy atom. The third-order valence-corrected chi connectivity index (χ3v) is 6.56. The molecule has 1 N–H and O–H groups in total. The molecule has 0 atom stereocenters. The van der Waals surface area contributed by atoms with Crippen LogP contribution in [-0.2, 0) is 16.0 Å². The minimum atomic E-state index is -0.711. The van der Waals surface area contributed by atoms with Gasteiger partial charge in [0.2, 0.25) is 11.1 Å². The molecule has 0 unspecified atom stereocenters. The number of hydrogen-bond acceptors (Lipinski definition) is 7. The van der Waals surface area contributed by atoms with E-state index in [2.05, 4.69) is 27.4 Å². The molecule has 2 aromatic heterocycles. The maximum absolute atomic E-state index is 13.1. The molecule has 1 aromatic carbocycles. The third-order valence-electron chi connectivity index (χ3n) is 5.13. The van der Waals surface area contributed by atoms with Crippen molar-refractivity contribution < 1.29 is 14.3 Å². The van der Waals surface area contributed by atoms with E-state index in [1.807, 2.05) is 30.3 Å². The van der Waals surface area contributed by atoms with E-state index in [1.54, 1.807) is 39.1 Å². The fraction of sp³-hybridized carbons (Fsp3) is 0.375. The smallest absolute Gasteiger partial charge is 0.422 e. The minimum absolute atomic E-state index is 0.116. The number of pyridine rings is 1. The number of rotatable bonds is 6. The molecule has 1 aliphatic carbocycles. The van der Waals surface area contributed by atoms with Crippen molar-refractivity contribution in [2.75, 3.05) is 5.32 Å². The Bertz CT molecular complexity index is 1150. The summed E-state index contributed by atoms with van der Waals surface area (Å²) in [4.78, 5) is 30.5. The number of aryl methyl sites for hydroxylation is 1. The molecule has 0 saturated heterocycles. The summed E-state index contributed by atoms with van der Waals surface area (Å²) in [5.41, 5.74) is 1.74. The second kappa shape index (κ2) is 8.97. The van der Waals surface area contributed by atoms with Gasteiger partial charge in [-0.3, -0.25) is 9.78 Å². The molecule has 3 aromatic rings. The van der Waals surface area contributed by atoms with Gasteiger partial charge in [0, 0.05) is 11.9 Å². The van der Waals surface area contributed by atoms with Crippen LogP contribution in [0.25, 0.3) is 11.5 Å². The van der Waals surface area contributed by atoms with Gasteiger partial charge in [-0.25, -0.2) is 9.36 Å². The number of benzene rings is 1. The lowest BCUT2D eigenvalue weighted by Crippen LogP contribution is -2.30. The lowest BCUT2D eigenvalue weighted by atomic mass is 10.1. The number of thioether (sulfide) groups is 1. The summed E-state index contributed by atoms with van der Waals surface area (Å²) in [5, 5.41) is 11.7. The monoisotopic (exact) mass is 465 g/mol. The predicted molar refractivity (Wildman–Crippen MR) is 127 cm³/mol. The van der Waals surface area contributed by atoms with Gasteiger partial charge in [0.25, 0.3) is 0 Å². The van der Waals surface area contributed by atoms with Crippen LogP contribution in [0.1, 0.15) is 46.1 Å². The van der Waals surface area contributed by atoms with Gasteiger partial charge in [-0.1, -0.05) is 36.9 Å². The summed E-state index contributed by atoms with van der Waals surface area (Å²) < 4.78 is 6.20. The van der Waals surface area contributed by atoms with E-state index in [0.717, 1.165) is 12.1 Å². The standard InChI is InChI=1S/C24H27N5O3S/c1-5-16-9-11-17(12-10-16)26-20(30)24(13-14-24)33-21-28-27-19(18-8-6-7-15-25-18)29(21)22(31)32-23(2,3)4/h6-12,15H,5,13-14H2,1-4H3,(H,26,30). The highest BCUT2D eigenvalue weighted by atomic mass is 32.2. The van der Waals surface area contributed by atoms with E-state index < -0.39 is 16.4 Å². The molecule has 1 saturated carbocycles. The van der Waals surface area contributed by atoms with E-state index in [1.165, 1.54) is 21.9 Å². The fourth-order valence-corrected chi connectivity index (χ4v) is 4.34. The Morgan fingerprint density at radius 2 is 1.85 bits per heavy atom. The van der Waals surface area contributed by atoms with Gasteiger partial charge < -0.3 is 10.1 Å². The van der Waals surface area contributed by atoms with E-state index in [0.29, 0.717) is 23.7 Å².